The number of ether oxygens (including phenoxy) is 2. The minimum Gasteiger partial charge on any atom is -0.462 e. The highest BCUT2D eigenvalue weighted by molar-refractivity contribution is 7.46. The maximum absolute atomic E-state index is 12.4. The van der Waals surface area contributed by atoms with Crippen LogP contribution in [0.3, 0.4) is 0 Å². The Labute approximate surface area is 322 Å². The van der Waals surface area contributed by atoms with Crippen LogP contribution in [-0.2, 0) is 28.2 Å². The van der Waals surface area contributed by atoms with Crippen molar-refractivity contribution in [2.75, 3.05) is 13.2 Å². The molecule has 53 heavy (non-hydrogen) atoms. The van der Waals surface area contributed by atoms with Crippen LogP contribution in [0.2, 0.25) is 0 Å². The van der Waals surface area contributed by atoms with E-state index in [-0.39, 0.29) is 19.4 Å². The van der Waals surface area contributed by atoms with E-state index in [1.54, 1.807) is 12.2 Å². The summed E-state index contributed by atoms with van der Waals surface area (Å²) in [6.45, 7) is 3.45. The van der Waals surface area contributed by atoms with Gasteiger partial charge in [-0.3, -0.25) is 14.1 Å². The zero-order valence-electron chi connectivity index (χ0n) is 33.0. The lowest BCUT2D eigenvalue weighted by atomic mass is 10.1. The summed E-state index contributed by atoms with van der Waals surface area (Å²) in [5, 5.41) is 10.2. The van der Waals surface area contributed by atoms with Crippen LogP contribution in [0.15, 0.2) is 72.9 Å². The first kappa shape index (κ1) is 50.5. The van der Waals surface area contributed by atoms with Gasteiger partial charge in [0.05, 0.1) is 12.7 Å². The van der Waals surface area contributed by atoms with E-state index in [4.69, 9.17) is 19.3 Å². The van der Waals surface area contributed by atoms with Gasteiger partial charge in [-0.1, -0.05) is 145 Å². The van der Waals surface area contributed by atoms with Gasteiger partial charge in [0.25, 0.3) is 0 Å². The number of rotatable bonds is 36. The van der Waals surface area contributed by atoms with Gasteiger partial charge in [0, 0.05) is 12.8 Å². The molecule has 0 aliphatic heterocycles. The lowest BCUT2D eigenvalue weighted by molar-refractivity contribution is -0.161. The molecule has 0 saturated heterocycles. The molecule has 304 valence electrons. The third-order valence-corrected chi connectivity index (χ3v) is 8.79. The molecule has 0 aromatic carbocycles. The highest BCUT2D eigenvalue weighted by atomic mass is 31.2. The molecular formula is C43H73O9P. The smallest absolute Gasteiger partial charge is 0.462 e. The molecular weight excluding hydrogens is 691 g/mol. The summed E-state index contributed by atoms with van der Waals surface area (Å²) in [7, 11) is -4.81. The predicted octanol–water partition coefficient (Wildman–Crippen LogP) is 11.3. The molecule has 0 spiro atoms. The molecule has 2 atom stereocenters. The van der Waals surface area contributed by atoms with Crippen molar-refractivity contribution >= 4 is 19.8 Å². The molecule has 0 amide bonds. The lowest BCUT2D eigenvalue weighted by Gasteiger charge is -2.18. The van der Waals surface area contributed by atoms with Crippen molar-refractivity contribution in [3.05, 3.63) is 72.9 Å². The summed E-state index contributed by atoms with van der Waals surface area (Å²) in [5.41, 5.74) is 0. The van der Waals surface area contributed by atoms with Crippen LogP contribution in [0.25, 0.3) is 0 Å². The van der Waals surface area contributed by atoms with E-state index in [0.717, 1.165) is 51.4 Å². The van der Waals surface area contributed by atoms with Crippen molar-refractivity contribution < 1.29 is 43.0 Å². The Morgan fingerprint density at radius 2 is 1.08 bits per heavy atom. The van der Waals surface area contributed by atoms with Crippen LogP contribution >= 0.6 is 7.82 Å². The van der Waals surface area contributed by atoms with Gasteiger partial charge < -0.3 is 24.4 Å². The van der Waals surface area contributed by atoms with E-state index in [1.807, 2.05) is 12.2 Å². The van der Waals surface area contributed by atoms with Crippen LogP contribution in [0, 0.1) is 0 Å². The minimum atomic E-state index is -4.81. The number of phosphoric ester groups is 1. The van der Waals surface area contributed by atoms with Crippen molar-refractivity contribution in [3.8, 4) is 0 Å². The van der Waals surface area contributed by atoms with E-state index < -0.39 is 38.6 Å². The fourth-order valence-corrected chi connectivity index (χ4v) is 5.57. The van der Waals surface area contributed by atoms with Crippen LogP contribution in [0.4, 0.5) is 0 Å². The predicted molar refractivity (Wildman–Crippen MR) is 217 cm³/mol. The largest absolute Gasteiger partial charge is 0.469 e. The minimum absolute atomic E-state index is 0.0213. The van der Waals surface area contributed by atoms with E-state index >= 15 is 0 Å². The number of unbranched alkanes of at least 4 members (excludes halogenated alkanes) is 13. The van der Waals surface area contributed by atoms with Gasteiger partial charge in [0.15, 0.2) is 6.10 Å². The van der Waals surface area contributed by atoms with E-state index in [1.165, 1.54) is 64.2 Å². The van der Waals surface area contributed by atoms with Crippen molar-refractivity contribution in [1.29, 1.82) is 0 Å². The van der Waals surface area contributed by atoms with E-state index in [2.05, 4.69) is 67.0 Å². The average molecular weight is 765 g/mol. The highest BCUT2D eigenvalue weighted by Gasteiger charge is 2.23. The normalized spacial score (nSPS) is 13.8. The van der Waals surface area contributed by atoms with Crippen LogP contribution in [0.5, 0.6) is 0 Å². The fourth-order valence-electron chi connectivity index (χ4n) is 5.21. The average Bonchev–Trinajstić information content (AvgIpc) is 3.12. The second kappa shape index (κ2) is 37.8. The SMILES string of the molecule is CCCCC/C=C\C/C=C\C/C=C\C=C\[C@H](O)CCCC(=O)O[C@H](COC(=O)CCCCCCCCC/C=C\C/C=C\CCCCC)COP(=O)(O)O. The second-order valence-electron chi connectivity index (χ2n) is 13.5. The molecule has 0 saturated carbocycles. The van der Waals surface area contributed by atoms with Gasteiger partial charge in [-0.05, 0) is 77.0 Å². The van der Waals surface area contributed by atoms with Crippen LogP contribution in [-0.4, -0.2) is 52.3 Å². The summed E-state index contributed by atoms with van der Waals surface area (Å²) in [5.74, 6) is -1.10. The summed E-state index contributed by atoms with van der Waals surface area (Å²) in [6, 6.07) is 0. The monoisotopic (exact) mass is 764 g/mol. The quantitative estimate of drug-likeness (QED) is 0.0187. The first-order chi connectivity index (χ1) is 25.7. The first-order valence-electron chi connectivity index (χ1n) is 20.3. The van der Waals surface area contributed by atoms with Crippen molar-refractivity contribution in [2.24, 2.45) is 0 Å². The molecule has 0 aliphatic rings. The summed E-state index contributed by atoms with van der Waals surface area (Å²) in [4.78, 5) is 42.8. The van der Waals surface area contributed by atoms with E-state index in [0.29, 0.717) is 19.3 Å². The number of aliphatic hydroxyl groups is 1. The topological polar surface area (TPSA) is 140 Å². The van der Waals surface area contributed by atoms with Gasteiger partial charge in [-0.2, -0.15) is 0 Å². The Morgan fingerprint density at radius 1 is 0.585 bits per heavy atom. The number of aliphatic hydroxyl groups excluding tert-OH is 1. The lowest BCUT2D eigenvalue weighted by Crippen LogP contribution is -2.29. The molecule has 0 radical (unpaired) electrons. The number of carbonyl (C=O) groups is 2. The van der Waals surface area contributed by atoms with E-state index in [9.17, 15) is 19.3 Å². The Bertz CT molecular complexity index is 1100. The molecule has 0 aromatic heterocycles. The number of hydrogen-bond acceptors (Lipinski definition) is 7. The van der Waals surface area contributed by atoms with Crippen LogP contribution in [0.1, 0.15) is 162 Å². The third-order valence-electron chi connectivity index (χ3n) is 8.30. The number of carbonyl (C=O) groups excluding carboxylic acids is 2. The second-order valence-corrected chi connectivity index (χ2v) is 14.7. The number of phosphoric acid groups is 1. The Hall–Kier alpha value is -2.55. The number of esters is 2. The van der Waals surface area contributed by atoms with Gasteiger partial charge >= 0.3 is 19.8 Å². The number of allylic oxidation sites excluding steroid dienone is 11. The van der Waals surface area contributed by atoms with Crippen molar-refractivity contribution in [1.82, 2.24) is 0 Å². The molecule has 10 heteroatoms. The summed E-state index contributed by atoms with van der Waals surface area (Å²) < 4.78 is 26.2. The third kappa shape index (κ3) is 40.5. The molecule has 9 nitrogen and oxygen atoms in total. The number of hydrogen-bond donors (Lipinski definition) is 3. The maximum Gasteiger partial charge on any atom is 0.469 e. The highest BCUT2D eigenvalue weighted by Crippen LogP contribution is 2.36. The molecule has 0 bridgehead atoms. The van der Waals surface area contributed by atoms with Crippen molar-refractivity contribution in [3.63, 3.8) is 0 Å². The Morgan fingerprint density at radius 3 is 1.64 bits per heavy atom. The molecule has 0 heterocycles. The summed E-state index contributed by atoms with van der Waals surface area (Å²) >= 11 is 0. The molecule has 0 aromatic rings. The zero-order valence-corrected chi connectivity index (χ0v) is 33.9. The van der Waals surface area contributed by atoms with Gasteiger partial charge in [-0.25, -0.2) is 4.57 Å². The molecule has 3 N–H and O–H groups in total. The zero-order chi connectivity index (χ0) is 39.1. The maximum atomic E-state index is 12.4. The van der Waals surface area contributed by atoms with Gasteiger partial charge in [-0.15, -0.1) is 0 Å². The van der Waals surface area contributed by atoms with Gasteiger partial charge in [0.2, 0.25) is 0 Å². The molecule has 0 fully saturated rings. The summed E-state index contributed by atoms with van der Waals surface area (Å²) in [6.07, 6.45) is 45.0. The Balaban J connectivity index is 4.16. The molecule has 0 unspecified atom stereocenters. The Kier molecular flexibility index (Phi) is 35.9. The van der Waals surface area contributed by atoms with Crippen LogP contribution < -0.4 is 0 Å². The van der Waals surface area contributed by atoms with Crippen molar-refractivity contribution in [2.45, 2.75) is 174 Å². The standard InChI is InChI=1S/C43H73O9P/c1-3-5-7-9-11-13-15-17-18-19-20-22-24-26-28-30-32-36-42(45)50-38-41(39-51-53(47,48)49)52-43(46)37-33-35-40(44)34-31-29-27-25-23-21-16-14-12-10-8-6-4-2/h11-14,17-18,21,23,27,29,31,34,40-41,44H,3-10,15-16,19-20,22,24-26,28,30,32-33,35-39H2,1-2H3,(H2,47,48,49)/b13-11-,14-12-,18-17-,23-21-,29-27-,34-31+/t40-,41+/m0/s1. The first-order valence-corrected chi connectivity index (χ1v) is 21.9. The fraction of sp³-hybridized carbons (Fsp3) is 0.674. The molecule has 0 rings (SSSR count). The molecule has 0 aliphatic carbocycles. The van der Waals surface area contributed by atoms with Gasteiger partial charge in [0.1, 0.15) is 6.61 Å².